The van der Waals surface area contributed by atoms with Crippen LogP contribution >= 0.6 is 0 Å². The molecule has 0 N–H and O–H groups in total. The fourth-order valence-corrected chi connectivity index (χ4v) is 1.53. The number of hydrogen-bond donors (Lipinski definition) is 0. The van der Waals surface area contributed by atoms with Gasteiger partial charge in [-0.05, 0) is 18.6 Å². The first kappa shape index (κ1) is 15.3. The Kier molecular flexibility index (Phi) is 4.79. The first-order valence-electron chi connectivity index (χ1n) is 5.26. The third-order valence-electron chi connectivity index (χ3n) is 2.20. The van der Waals surface area contributed by atoms with E-state index < -0.39 is 41.8 Å². The van der Waals surface area contributed by atoms with Crippen LogP contribution in [0.3, 0.4) is 0 Å². The molecule has 0 aliphatic rings. The number of rotatable bonds is 4. The number of carbonyl (C=O) groups excluding carboxylic acids is 1. The van der Waals surface area contributed by atoms with E-state index in [9.17, 15) is 26.7 Å². The molecule has 0 atom stereocenters. The van der Waals surface area contributed by atoms with Gasteiger partial charge in [0.2, 0.25) is 0 Å². The fraction of sp³-hybridized carbons (Fsp3) is 0.455. The number of halogens is 5. The van der Waals surface area contributed by atoms with Crippen LogP contribution in [0.1, 0.15) is 30.2 Å². The molecule has 0 fully saturated rings. The lowest BCUT2D eigenvalue weighted by atomic mass is 10.0. The molecule has 0 saturated carbocycles. The minimum Gasteiger partial charge on any atom is -0.466 e. The van der Waals surface area contributed by atoms with Crippen molar-refractivity contribution in [3.05, 3.63) is 29.1 Å². The first-order valence-corrected chi connectivity index (χ1v) is 5.26. The lowest BCUT2D eigenvalue weighted by Crippen LogP contribution is -2.18. The molecule has 1 rings (SSSR count). The Morgan fingerprint density at radius 3 is 2.53 bits per heavy atom. The van der Waals surface area contributed by atoms with E-state index >= 15 is 0 Å². The Hall–Kier alpha value is -1.73. The highest BCUT2D eigenvalue weighted by molar-refractivity contribution is 5.73. The maximum atomic E-state index is 12.8. The molecular formula is C11H10F5NO2. The lowest BCUT2D eigenvalue weighted by molar-refractivity contribution is -0.144. The van der Waals surface area contributed by atoms with Crippen LogP contribution in [0.2, 0.25) is 0 Å². The summed E-state index contributed by atoms with van der Waals surface area (Å²) in [4.78, 5) is 14.2. The van der Waals surface area contributed by atoms with Crippen molar-refractivity contribution in [1.82, 2.24) is 4.98 Å². The molecule has 0 bridgehead atoms. The number of nitrogens with zero attached hydrogens (tertiary/aromatic N) is 1. The Labute approximate surface area is 105 Å². The van der Waals surface area contributed by atoms with Crippen LogP contribution in [0.4, 0.5) is 22.0 Å². The maximum absolute atomic E-state index is 12.8. The van der Waals surface area contributed by atoms with Crippen molar-refractivity contribution in [3.8, 4) is 0 Å². The predicted molar refractivity (Wildman–Crippen MR) is 54.5 cm³/mol. The summed E-state index contributed by atoms with van der Waals surface area (Å²) in [5.41, 5.74) is -3.52. The minimum absolute atomic E-state index is 0.00697. The highest BCUT2D eigenvalue weighted by Crippen LogP contribution is 2.37. The van der Waals surface area contributed by atoms with E-state index in [0.717, 1.165) is 12.3 Å². The zero-order valence-corrected chi connectivity index (χ0v) is 9.80. The maximum Gasteiger partial charge on any atom is 0.418 e. The summed E-state index contributed by atoms with van der Waals surface area (Å²) in [5, 5.41) is 0. The van der Waals surface area contributed by atoms with Crippen molar-refractivity contribution in [3.63, 3.8) is 0 Å². The van der Waals surface area contributed by atoms with Gasteiger partial charge >= 0.3 is 12.1 Å². The predicted octanol–water partition coefficient (Wildman–Crippen LogP) is 3.14. The zero-order valence-electron chi connectivity index (χ0n) is 9.80. The van der Waals surface area contributed by atoms with Crippen molar-refractivity contribution in [1.29, 1.82) is 0 Å². The van der Waals surface area contributed by atoms with Crippen molar-refractivity contribution in [2.24, 2.45) is 0 Å². The average molecular weight is 283 g/mol. The number of alkyl halides is 5. The van der Waals surface area contributed by atoms with Crippen LogP contribution in [0.15, 0.2) is 12.3 Å². The minimum atomic E-state index is -5.01. The van der Waals surface area contributed by atoms with Gasteiger partial charge in [-0.25, -0.2) is 8.78 Å². The number of esters is 1. The number of aromatic nitrogens is 1. The van der Waals surface area contributed by atoms with Crippen LogP contribution in [-0.4, -0.2) is 17.6 Å². The number of carbonyl (C=O) groups is 1. The van der Waals surface area contributed by atoms with E-state index in [1.165, 1.54) is 6.92 Å². The molecule has 0 aromatic carbocycles. The normalized spacial score (nSPS) is 11.7. The Morgan fingerprint density at radius 1 is 1.42 bits per heavy atom. The second-order valence-electron chi connectivity index (χ2n) is 3.51. The molecule has 1 aromatic heterocycles. The van der Waals surface area contributed by atoms with Crippen LogP contribution in [0.5, 0.6) is 0 Å². The molecular weight excluding hydrogens is 273 g/mol. The van der Waals surface area contributed by atoms with Crippen molar-refractivity contribution in [2.75, 3.05) is 6.61 Å². The molecule has 0 unspecified atom stereocenters. The summed E-state index contributed by atoms with van der Waals surface area (Å²) in [6.07, 6.45) is -8.31. The third kappa shape index (κ3) is 3.87. The van der Waals surface area contributed by atoms with Gasteiger partial charge in [-0.15, -0.1) is 0 Å². The average Bonchev–Trinajstić information content (AvgIpc) is 2.27. The van der Waals surface area contributed by atoms with E-state index in [2.05, 4.69) is 9.72 Å². The fourth-order valence-electron chi connectivity index (χ4n) is 1.53. The monoisotopic (exact) mass is 283 g/mol. The number of ether oxygens (including phenoxy) is 1. The van der Waals surface area contributed by atoms with Crippen molar-refractivity contribution >= 4 is 5.97 Å². The Balaban J connectivity index is 3.24. The summed E-state index contributed by atoms with van der Waals surface area (Å²) < 4.78 is 67.9. The SMILES string of the molecule is CCOC(=O)Cc1ccnc(C(F)F)c1C(F)(F)F. The summed E-state index contributed by atoms with van der Waals surface area (Å²) in [6.45, 7) is 1.48. The summed E-state index contributed by atoms with van der Waals surface area (Å²) >= 11 is 0. The van der Waals surface area contributed by atoms with Crippen LogP contribution in [0, 0.1) is 0 Å². The van der Waals surface area contributed by atoms with Gasteiger partial charge in [0.1, 0.15) is 5.69 Å². The molecule has 0 spiro atoms. The molecule has 106 valence electrons. The van der Waals surface area contributed by atoms with Gasteiger partial charge < -0.3 is 4.74 Å². The number of hydrogen-bond acceptors (Lipinski definition) is 3. The summed E-state index contributed by atoms with van der Waals surface area (Å²) in [6, 6.07) is 0.881. The molecule has 8 heteroatoms. The highest BCUT2D eigenvalue weighted by Gasteiger charge is 2.39. The molecule has 1 aromatic rings. The van der Waals surface area contributed by atoms with Crippen LogP contribution < -0.4 is 0 Å². The van der Waals surface area contributed by atoms with Gasteiger partial charge in [-0.3, -0.25) is 9.78 Å². The van der Waals surface area contributed by atoms with Gasteiger partial charge in [-0.1, -0.05) is 0 Å². The summed E-state index contributed by atoms with van der Waals surface area (Å²) in [5.74, 6) is -0.917. The van der Waals surface area contributed by atoms with Gasteiger partial charge in [0.15, 0.2) is 0 Å². The zero-order chi connectivity index (χ0) is 14.6. The molecule has 0 amide bonds. The quantitative estimate of drug-likeness (QED) is 0.629. The molecule has 19 heavy (non-hydrogen) atoms. The summed E-state index contributed by atoms with van der Waals surface area (Å²) in [7, 11) is 0. The van der Waals surface area contributed by atoms with E-state index in [4.69, 9.17) is 0 Å². The van der Waals surface area contributed by atoms with Gasteiger partial charge in [0.25, 0.3) is 6.43 Å². The highest BCUT2D eigenvalue weighted by atomic mass is 19.4. The lowest BCUT2D eigenvalue weighted by Gasteiger charge is -2.15. The number of pyridine rings is 1. The van der Waals surface area contributed by atoms with Crippen LogP contribution in [-0.2, 0) is 22.1 Å². The molecule has 0 saturated heterocycles. The molecule has 0 aliphatic heterocycles. The molecule has 3 nitrogen and oxygen atoms in total. The third-order valence-corrected chi connectivity index (χ3v) is 2.20. The van der Waals surface area contributed by atoms with Gasteiger partial charge in [0.05, 0.1) is 18.6 Å². The molecule has 0 radical (unpaired) electrons. The Bertz CT molecular complexity index is 459. The molecule has 1 heterocycles. The largest absolute Gasteiger partial charge is 0.466 e. The van der Waals surface area contributed by atoms with E-state index in [-0.39, 0.29) is 6.61 Å². The van der Waals surface area contributed by atoms with Gasteiger partial charge in [-0.2, -0.15) is 13.2 Å². The topological polar surface area (TPSA) is 39.2 Å². The van der Waals surface area contributed by atoms with Gasteiger partial charge in [0, 0.05) is 6.20 Å². The second kappa shape index (κ2) is 5.94. The van der Waals surface area contributed by atoms with E-state index in [1.807, 2.05) is 0 Å². The first-order chi connectivity index (χ1) is 8.77. The van der Waals surface area contributed by atoms with Crippen molar-refractivity contribution < 1.29 is 31.5 Å². The Morgan fingerprint density at radius 2 is 2.05 bits per heavy atom. The molecule has 0 aliphatic carbocycles. The van der Waals surface area contributed by atoms with Crippen LogP contribution in [0.25, 0.3) is 0 Å². The second-order valence-corrected chi connectivity index (χ2v) is 3.51. The van der Waals surface area contributed by atoms with E-state index in [1.54, 1.807) is 0 Å². The smallest absolute Gasteiger partial charge is 0.418 e. The van der Waals surface area contributed by atoms with E-state index in [0.29, 0.717) is 0 Å². The standard InChI is InChI=1S/C11H10F5NO2/c1-2-19-7(18)5-6-3-4-17-9(10(12)13)8(6)11(14,15)16/h3-4,10H,2,5H2,1H3. The van der Waals surface area contributed by atoms with Crippen molar-refractivity contribution in [2.45, 2.75) is 25.9 Å².